The average Bonchev–Trinajstić information content (AvgIpc) is 2.65. The molecule has 0 unspecified atom stereocenters. The van der Waals surface area contributed by atoms with Crippen molar-refractivity contribution in [2.75, 3.05) is 6.61 Å². The first-order valence-electron chi connectivity index (χ1n) is 9.97. The smallest absolute Gasteiger partial charge is 0.306 e. The Morgan fingerprint density at radius 2 is 1.48 bits per heavy atom. The predicted molar refractivity (Wildman–Crippen MR) is 115 cm³/mol. The number of allylic oxidation sites excluding steroid dienone is 10. The molecule has 27 heavy (non-hydrogen) atoms. The van der Waals surface area contributed by atoms with Crippen molar-refractivity contribution in [2.24, 2.45) is 0 Å². The molecule has 0 aromatic rings. The first kappa shape index (κ1) is 24.9. The van der Waals surface area contributed by atoms with Gasteiger partial charge in [0.1, 0.15) is 0 Å². The minimum Gasteiger partial charge on any atom is -0.466 e. The molecule has 0 bridgehead atoms. The van der Waals surface area contributed by atoms with Gasteiger partial charge in [-0.3, -0.25) is 4.79 Å². The maximum atomic E-state index is 11.1. The predicted octanol–water partition coefficient (Wildman–Crippen LogP) is 6.00. The van der Waals surface area contributed by atoms with Gasteiger partial charge in [-0.15, -0.1) is 0 Å². The van der Waals surface area contributed by atoms with E-state index in [0.29, 0.717) is 19.4 Å². The van der Waals surface area contributed by atoms with Gasteiger partial charge in [0.2, 0.25) is 0 Å². The Labute approximate surface area is 165 Å². The molecule has 3 heteroatoms. The quantitative estimate of drug-likeness (QED) is 0.218. The van der Waals surface area contributed by atoms with Crippen LogP contribution < -0.4 is 0 Å². The molecule has 0 aliphatic heterocycles. The van der Waals surface area contributed by atoms with Crippen LogP contribution in [0.5, 0.6) is 0 Å². The summed E-state index contributed by atoms with van der Waals surface area (Å²) in [5, 5.41) is 9.69. The lowest BCUT2D eigenvalue weighted by Crippen LogP contribution is -2.02. The number of carbonyl (C=O) groups excluding carboxylic acids is 1. The van der Waals surface area contributed by atoms with Gasteiger partial charge in [-0.25, -0.2) is 0 Å². The normalized spacial score (nSPS) is 14.0. The Hall–Kier alpha value is -2.13. The van der Waals surface area contributed by atoms with Gasteiger partial charge in [0, 0.05) is 6.42 Å². The van der Waals surface area contributed by atoms with E-state index in [1.807, 2.05) is 37.3 Å². The largest absolute Gasteiger partial charge is 0.466 e. The number of ether oxygens (including phenoxy) is 1. The van der Waals surface area contributed by atoms with Crippen molar-refractivity contribution < 1.29 is 14.6 Å². The highest BCUT2D eigenvalue weighted by molar-refractivity contribution is 5.69. The van der Waals surface area contributed by atoms with E-state index in [-0.39, 0.29) is 5.97 Å². The number of hydrogen-bond acceptors (Lipinski definition) is 3. The summed E-state index contributed by atoms with van der Waals surface area (Å²) < 4.78 is 4.87. The summed E-state index contributed by atoms with van der Waals surface area (Å²) in [6.45, 7) is 4.35. The Kier molecular flexibility index (Phi) is 18.6. The lowest BCUT2D eigenvalue weighted by atomic mass is 10.2. The molecule has 1 atom stereocenters. The van der Waals surface area contributed by atoms with Crippen LogP contribution in [0.25, 0.3) is 0 Å². The fraction of sp³-hybridized carbons (Fsp3) is 0.458. The van der Waals surface area contributed by atoms with Gasteiger partial charge in [-0.2, -0.15) is 0 Å². The minimum atomic E-state index is -0.405. The van der Waals surface area contributed by atoms with Gasteiger partial charge in [-0.1, -0.05) is 79.8 Å². The maximum Gasteiger partial charge on any atom is 0.306 e. The molecule has 0 aromatic carbocycles. The highest BCUT2D eigenvalue weighted by atomic mass is 16.5. The molecule has 0 radical (unpaired) electrons. The molecular formula is C24H36O3. The van der Waals surface area contributed by atoms with Crippen molar-refractivity contribution in [3.8, 4) is 0 Å². The molecule has 0 aliphatic rings. The van der Waals surface area contributed by atoms with Crippen LogP contribution in [0.3, 0.4) is 0 Å². The van der Waals surface area contributed by atoms with Crippen molar-refractivity contribution in [3.05, 3.63) is 72.9 Å². The number of esters is 1. The van der Waals surface area contributed by atoms with Crippen LogP contribution in [0.4, 0.5) is 0 Å². The fourth-order valence-electron chi connectivity index (χ4n) is 2.10. The zero-order chi connectivity index (χ0) is 20.0. The standard InChI is InChI=1S/C24H36O3/c1-3-5-17-20-23(25)21-18-15-13-11-9-7-6-8-10-12-14-16-19-22-24(26)27-4-2/h5,7-10,13-18,21,23,25H,3-4,6,11-12,19-20,22H2,1-2H3/b9-7-,10-8-,15-13-,16-14-,17-5-,21-18+/t23-/m0/s1. The van der Waals surface area contributed by atoms with Crippen molar-refractivity contribution >= 4 is 5.97 Å². The van der Waals surface area contributed by atoms with E-state index in [1.165, 1.54) is 0 Å². The first-order valence-corrected chi connectivity index (χ1v) is 9.97. The van der Waals surface area contributed by atoms with Gasteiger partial charge in [-0.05, 0) is 45.4 Å². The Morgan fingerprint density at radius 3 is 2.11 bits per heavy atom. The van der Waals surface area contributed by atoms with Crippen LogP contribution >= 0.6 is 0 Å². The summed E-state index contributed by atoms with van der Waals surface area (Å²) in [6, 6.07) is 0. The van der Waals surface area contributed by atoms with Crippen molar-refractivity contribution in [2.45, 2.75) is 64.9 Å². The summed E-state index contributed by atoms with van der Waals surface area (Å²) in [7, 11) is 0. The molecule has 150 valence electrons. The van der Waals surface area contributed by atoms with Crippen molar-refractivity contribution in [1.82, 2.24) is 0 Å². The molecule has 0 heterocycles. The van der Waals surface area contributed by atoms with E-state index in [2.05, 4.69) is 49.5 Å². The molecule has 0 aliphatic carbocycles. The number of hydrogen-bond donors (Lipinski definition) is 1. The zero-order valence-corrected chi connectivity index (χ0v) is 16.9. The van der Waals surface area contributed by atoms with Crippen LogP contribution in [0.15, 0.2) is 72.9 Å². The Balaban J connectivity index is 3.67. The van der Waals surface area contributed by atoms with E-state index < -0.39 is 6.10 Å². The lowest BCUT2D eigenvalue weighted by Gasteiger charge is -1.98. The zero-order valence-electron chi connectivity index (χ0n) is 16.9. The number of aliphatic hydroxyl groups is 1. The van der Waals surface area contributed by atoms with Crippen LogP contribution in [0, 0.1) is 0 Å². The van der Waals surface area contributed by atoms with E-state index in [1.54, 1.807) is 0 Å². The highest BCUT2D eigenvalue weighted by Gasteiger charge is 1.97. The third-order valence-electron chi connectivity index (χ3n) is 3.50. The molecule has 0 amide bonds. The van der Waals surface area contributed by atoms with Crippen LogP contribution in [-0.4, -0.2) is 23.8 Å². The van der Waals surface area contributed by atoms with Gasteiger partial charge in [0.25, 0.3) is 0 Å². The van der Waals surface area contributed by atoms with E-state index >= 15 is 0 Å². The molecular weight excluding hydrogens is 336 g/mol. The third-order valence-corrected chi connectivity index (χ3v) is 3.50. The summed E-state index contributed by atoms with van der Waals surface area (Å²) in [4.78, 5) is 11.1. The number of carbonyl (C=O) groups is 1. The second kappa shape index (κ2) is 20.2. The second-order valence-corrected chi connectivity index (χ2v) is 5.96. The van der Waals surface area contributed by atoms with Gasteiger partial charge in [0.05, 0.1) is 12.7 Å². The summed E-state index contributed by atoms with van der Waals surface area (Å²) >= 11 is 0. The van der Waals surface area contributed by atoms with Gasteiger partial charge < -0.3 is 9.84 Å². The second-order valence-electron chi connectivity index (χ2n) is 5.96. The van der Waals surface area contributed by atoms with Gasteiger partial charge in [0.15, 0.2) is 0 Å². The third kappa shape index (κ3) is 20.0. The van der Waals surface area contributed by atoms with Crippen molar-refractivity contribution in [3.63, 3.8) is 0 Å². The van der Waals surface area contributed by atoms with E-state index in [9.17, 15) is 9.90 Å². The van der Waals surface area contributed by atoms with E-state index in [0.717, 1.165) is 32.1 Å². The molecule has 0 rings (SSSR count). The minimum absolute atomic E-state index is 0.132. The summed E-state index contributed by atoms with van der Waals surface area (Å²) in [6.07, 6.45) is 29.6. The SMILES string of the molecule is CC/C=C\C[C@H](O)/C=C/C=C\C/C=C\C/C=C\C/C=C\CCC(=O)OCC. The number of aliphatic hydroxyl groups excluding tert-OH is 1. The van der Waals surface area contributed by atoms with E-state index in [4.69, 9.17) is 4.74 Å². The van der Waals surface area contributed by atoms with Crippen LogP contribution in [0.2, 0.25) is 0 Å². The summed E-state index contributed by atoms with van der Waals surface area (Å²) in [5.41, 5.74) is 0. The monoisotopic (exact) mass is 372 g/mol. The van der Waals surface area contributed by atoms with Gasteiger partial charge >= 0.3 is 5.97 Å². The van der Waals surface area contributed by atoms with Crippen LogP contribution in [-0.2, 0) is 9.53 Å². The Morgan fingerprint density at radius 1 is 0.852 bits per heavy atom. The molecule has 0 saturated carbocycles. The maximum absolute atomic E-state index is 11.1. The fourth-order valence-corrected chi connectivity index (χ4v) is 2.10. The topological polar surface area (TPSA) is 46.5 Å². The van der Waals surface area contributed by atoms with Crippen molar-refractivity contribution in [1.29, 1.82) is 0 Å². The molecule has 0 spiro atoms. The van der Waals surface area contributed by atoms with Crippen LogP contribution in [0.1, 0.15) is 58.8 Å². The molecule has 3 nitrogen and oxygen atoms in total. The molecule has 0 aromatic heterocycles. The molecule has 0 saturated heterocycles. The summed E-state index contributed by atoms with van der Waals surface area (Å²) in [5.74, 6) is -0.132. The first-order chi connectivity index (χ1) is 13.2. The molecule has 1 N–H and O–H groups in total. The Bertz CT molecular complexity index is 522. The highest BCUT2D eigenvalue weighted by Crippen LogP contribution is 1.99. The number of rotatable bonds is 15. The lowest BCUT2D eigenvalue weighted by molar-refractivity contribution is -0.143. The molecule has 0 fully saturated rings. The average molecular weight is 373 g/mol.